The van der Waals surface area contributed by atoms with Crippen molar-refractivity contribution in [3.05, 3.63) is 0 Å². The molecule has 0 aromatic rings. The van der Waals surface area contributed by atoms with E-state index in [1.54, 1.807) is 4.90 Å². The van der Waals surface area contributed by atoms with Crippen LogP contribution in [0.1, 0.15) is 20.3 Å². The summed E-state index contributed by atoms with van der Waals surface area (Å²) in [6.45, 7) is 8.25. The van der Waals surface area contributed by atoms with Crippen LogP contribution in [-0.4, -0.2) is 37.1 Å². The molecule has 1 heterocycles. The van der Waals surface area contributed by atoms with Gasteiger partial charge in [-0.15, -0.1) is 0 Å². The highest BCUT2D eigenvalue weighted by molar-refractivity contribution is 5.65. The van der Waals surface area contributed by atoms with E-state index in [-0.39, 0.29) is 24.0 Å². The molecule has 1 atom stereocenters. The van der Waals surface area contributed by atoms with Crippen molar-refractivity contribution < 1.29 is 33.5 Å². The fourth-order valence-corrected chi connectivity index (χ4v) is 1.47. The summed E-state index contributed by atoms with van der Waals surface area (Å²) in [6.07, 6.45) is 1.27. The van der Waals surface area contributed by atoms with Crippen LogP contribution in [-0.2, 0) is 0 Å². The Morgan fingerprint density at radius 2 is 2.18 bits per heavy atom. The highest BCUT2D eigenvalue weighted by Gasteiger charge is 2.26. The van der Waals surface area contributed by atoms with Gasteiger partial charge in [0.1, 0.15) is 13.1 Å². The first-order valence-electron chi connectivity index (χ1n) is 4.17. The summed E-state index contributed by atoms with van der Waals surface area (Å²) >= 11 is 0. The van der Waals surface area contributed by atoms with Crippen molar-refractivity contribution in [2.75, 3.05) is 26.7 Å². The average Bonchev–Trinajstić information content (AvgIpc) is 2.20. The average molecular weight is 269 g/mol. The first-order chi connectivity index (χ1) is 4.75. The van der Waals surface area contributed by atoms with Crippen molar-refractivity contribution in [1.29, 1.82) is 0 Å². The molecule has 0 spiro atoms. The molecule has 11 heavy (non-hydrogen) atoms. The van der Waals surface area contributed by atoms with E-state index in [9.17, 15) is 0 Å². The first kappa shape index (κ1) is 11.4. The van der Waals surface area contributed by atoms with Crippen LogP contribution in [0.5, 0.6) is 0 Å². The fourth-order valence-electron chi connectivity index (χ4n) is 1.47. The van der Waals surface area contributed by atoms with Crippen molar-refractivity contribution in [3.63, 3.8) is 0 Å². The third kappa shape index (κ3) is 2.71. The molecule has 0 saturated carbocycles. The number of likely N-dealkylation sites (N-methyl/N-ethyl adjacent to an activating group) is 1. The fraction of sp³-hybridized carbons (Fsp3) is 0.875. The molecule has 0 aliphatic carbocycles. The Morgan fingerprint density at radius 1 is 1.55 bits per heavy atom. The summed E-state index contributed by atoms with van der Waals surface area (Å²) in [5.74, 6) is 1.52. The monoisotopic (exact) mass is 269 g/mol. The van der Waals surface area contributed by atoms with Crippen molar-refractivity contribution in [2.24, 2.45) is 0 Å². The Balaban J connectivity index is 0.000001000. The maximum atomic E-state index is 2.48. The lowest BCUT2D eigenvalue weighted by atomic mass is 10.4. The maximum Gasteiger partial charge on any atom is 0.333 e. The van der Waals surface area contributed by atoms with Gasteiger partial charge in [-0.1, -0.05) is 6.92 Å². The van der Waals surface area contributed by atoms with Gasteiger partial charge in [0, 0.05) is 6.42 Å². The Kier molecular flexibility index (Phi) is 5.25. The molecule has 1 N–H and O–H groups in total. The zero-order chi connectivity index (χ0) is 7.56. The maximum absolute atomic E-state index is 2.48. The summed E-state index contributed by atoms with van der Waals surface area (Å²) in [7, 11) is 2.24. The molecule has 0 aromatic heterocycles. The molecule has 0 amide bonds. The number of quaternary nitrogens is 1. The van der Waals surface area contributed by atoms with E-state index < -0.39 is 0 Å². The molecule has 0 aromatic carbocycles. The normalized spacial score (nSPS) is 23.7. The summed E-state index contributed by atoms with van der Waals surface area (Å²) in [4.78, 5) is 1.58. The number of nitrogens with zero attached hydrogens (tertiary/aromatic N) is 1. The number of amidine groups is 1. The Hall–Kier alpha value is 0.360. The van der Waals surface area contributed by atoms with E-state index in [0.717, 1.165) is 0 Å². The van der Waals surface area contributed by atoms with Gasteiger partial charge in [0.15, 0.2) is 6.54 Å². The quantitative estimate of drug-likeness (QED) is 0.391. The predicted molar refractivity (Wildman–Crippen MR) is 42.7 cm³/mol. The largest absolute Gasteiger partial charge is 1.00 e. The van der Waals surface area contributed by atoms with Gasteiger partial charge in [-0.25, -0.2) is 4.90 Å². The number of hydrogen-bond acceptors (Lipinski definition) is 0. The van der Waals surface area contributed by atoms with Crippen LogP contribution in [0.25, 0.3) is 0 Å². The van der Waals surface area contributed by atoms with Crippen LogP contribution >= 0.6 is 0 Å². The highest BCUT2D eigenvalue weighted by Crippen LogP contribution is 1.84. The minimum absolute atomic E-state index is 0. The van der Waals surface area contributed by atoms with Crippen LogP contribution in [0, 0.1) is 0 Å². The van der Waals surface area contributed by atoms with E-state index >= 15 is 0 Å². The van der Waals surface area contributed by atoms with E-state index in [4.69, 9.17) is 0 Å². The van der Waals surface area contributed by atoms with E-state index in [0.29, 0.717) is 0 Å². The van der Waals surface area contributed by atoms with Crippen molar-refractivity contribution in [1.82, 2.24) is 0 Å². The lowest BCUT2D eigenvalue weighted by molar-refractivity contribution is -0.778. The second kappa shape index (κ2) is 5.09. The first-order valence-corrected chi connectivity index (χ1v) is 4.17. The lowest BCUT2D eigenvalue weighted by Gasteiger charge is -1.96. The van der Waals surface area contributed by atoms with Crippen molar-refractivity contribution in [2.45, 2.75) is 20.3 Å². The topological polar surface area (TPSA) is 7.45 Å². The standard InChI is InChI=1S/C8H17N2.HI/c1-4-5-10-7-6-9(3)8(10)2;/h4-7H2,1-3H3;1H/q+1;. The Bertz CT molecular complexity index is 154. The molecular formula is C8H18IN2+. The van der Waals surface area contributed by atoms with E-state index in [2.05, 4.69) is 25.5 Å². The number of nitrogens with one attached hydrogen (secondary N) is 1. The number of rotatable bonds is 2. The van der Waals surface area contributed by atoms with Gasteiger partial charge in [0.05, 0.1) is 14.0 Å². The van der Waals surface area contributed by atoms with Gasteiger partial charge >= 0.3 is 5.84 Å². The van der Waals surface area contributed by atoms with Gasteiger partial charge in [-0.3, -0.25) is 0 Å². The Morgan fingerprint density at radius 3 is 2.55 bits per heavy atom. The second-order valence-electron chi connectivity index (χ2n) is 3.10. The van der Waals surface area contributed by atoms with Crippen LogP contribution in [0.2, 0.25) is 0 Å². The van der Waals surface area contributed by atoms with Gasteiger partial charge in [-0.2, -0.15) is 4.58 Å². The number of halogens is 1. The summed E-state index contributed by atoms with van der Waals surface area (Å²) < 4.78 is 2.48. The lowest BCUT2D eigenvalue weighted by Crippen LogP contribution is -3.10. The molecule has 1 rings (SSSR count). The van der Waals surface area contributed by atoms with Gasteiger partial charge in [0.2, 0.25) is 0 Å². The van der Waals surface area contributed by atoms with Gasteiger partial charge < -0.3 is 24.0 Å². The van der Waals surface area contributed by atoms with Gasteiger partial charge in [-0.05, 0) is 0 Å². The molecule has 0 saturated heterocycles. The molecule has 1 aliphatic heterocycles. The molecular weight excluding hydrogens is 251 g/mol. The minimum Gasteiger partial charge on any atom is -1.00 e. The van der Waals surface area contributed by atoms with Crippen LogP contribution in [0.15, 0.2) is 0 Å². The summed E-state index contributed by atoms with van der Waals surface area (Å²) in [5, 5.41) is 0. The molecule has 0 bridgehead atoms. The SMILES string of the molecule is CCC[N+]1=C(C)[NH+](C)CC1.[I-]. The zero-order valence-electron chi connectivity index (χ0n) is 7.65. The van der Waals surface area contributed by atoms with Crippen LogP contribution in [0.4, 0.5) is 0 Å². The van der Waals surface area contributed by atoms with Crippen molar-refractivity contribution >= 4 is 5.84 Å². The number of hydrogen-bond donors (Lipinski definition) is 1. The molecule has 0 fully saturated rings. The smallest absolute Gasteiger partial charge is 0.333 e. The second-order valence-corrected chi connectivity index (χ2v) is 3.10. The summed E-state index contributed by atoms with van der Waals surface area (Å²) in [5.41, 5.74) is 0. The predicted octanol–water partition coefficient (Wildman–Crippen LogP) is -3.64. The Labute approximate surface area is 86.3 Å². The molecule has 1 unspecified atom stereocenters. The van der Waals surface area contributed by atoms with Crippen LogP contribution in [0.3, 0.4) is 0 Å². The molecule has 3 heteroatoms. The van der Waals surface area contributed by atoms with E-state index in [1.165, 1.54) is 31.9 Å². The highest BCUT2D eigenvalue weighted by atomic mass is 127. The molecule has 1 aliphatic rings. The molecule has 2 nitrogen and oxygen atoms in total. The third-order valence-electron chi connectivity index (χ3n) is 2.34. The van der Waals surface area contributed by atoms with Gasteiger partial charge in [0.25, 0.3) is 0 Å². The minimum atomic E-state index is 0. The third-order valence-corrected chi connectivity index (χ3v) is 2.34. The van der Waals surface area contributed by atoms with Crippen molar-refractivity contribution in [3.8, 4) is 0 Å². The molecule has 66 valence electrons. The van der Waals surface area contributed by atoms with Crippen LogP contribution < -0.4 is 28.9 Å². The zero-order valence-corrected chi connectivity index (χ0v) is 9.81. The summed E-state index contributed by atoms with van der Waals surface area (Å²) in [6, 6.07) is 0. The molecule has 0 radical (unpaired) electrons. The van der Waals surface area contributed by atoms with E-state index in [1.807, 2.05) is 0 Å².